The molecule has 1 heterocycles. The Bertz CT molecular complexity index is 1400. The molecule has 0 atom stereocenters. The van der Waals surface area contributed by atoms with Gasteiger partial charge in [-0.3, -0.25) is 14.5 Å². The van der Waals surface area contributed by atoms with E-state index in [1.165, 1.54) is 7.11 Å². The van der Waals surface area contributed by atoms with Crippen molar-refractivity contribution < 1.29 is 33.1 Å². The van der Waals surface area contributed by atoms with Crippen LogP contribution in [0.2, 0.25) is 0 Å². The Morgan fingerprint density at radius 3 is 2.43 bits per heavy atom. The van der Waals surface area contributed by atoms with Gasteiger partial charge >= 0.3 is 11.9 Å². The van der Waals surface area contributed by atoms with Gasteiger partial charge < -0.3 is 13.9 Å². The van der Waals surface area contributed by atoms with Crippen LogP contribution in [0, 0.1) is 13.8 Å². The molecule has 0 fully saturated rings. The first-order valence-corrected chi connectivity index (χ1v) is 11.1. The lowest BCUT2D eigenvalue weighted by Crippen LogP contribution is -2.24. The molecule has 0 aliphatic heterocycles. The van der Waals surface area contributed by atoms with Crippen LogP contribution in [0.15, 0.2) is 46.9 Å². The summed E-state index contributed by atoms with van der Waals surface area (Å²) in [6.45, 7) is 4.55. The predicted octanol–water partition coefficient (Wildman–Crippen LogP) is 3.80. The summed E-state index contributed by atoms with van der Waals surface area (Å²) in [5.41, 5.74) is 2.95. The van der Waals surface area contributed by atoms with Crippen LogP contribution in [0.3, 0.4) is 0 Å². The summed E-state index contributed by atoms with van der Waals surface area (Å²) in [4.78, 5) is 50.8. The zero-order valence-corrected chi connectivity index (χ0v) is 20.0. The quantitative estimate of drug-likeness (QED) is 0.289. The molecule has 4 rings (SSSR count). The number of benzene rings is 2. The van der Waals surface area contributed by atoms with Crippen molar-refractivity contribution in [2.45, 2.75) is 20.4 Å². The second-order valence-electron chi connectivity index (χ2n) is 8.43. The number of hydrogen-bond donors (Lipinski definition) is 0. The first-order valence-electron chi connectivity index (χ1n) is 11.1. The number of ketones is 2. The van der Waals surface area contributed by atoms with Crippen molar-refractivity contribution in [3.63, 3.8) is 0 Å². The van der Waals surface area contributed by atoms with Crippen molar-refractivity contribution in [2.24, 2.45) is 0 Å². The van der Waals surface area contributed by atoms with Gasteiger partial charge in [-0.1, -0.05) is 24.3 Å². The van der Waals surface area contributed by atoms with Gasteiger partial charge in [0.15, 0.2) is 0 Å². The van der Waals surface area contributed by atoms with E-state index in [0.29, 0.717) is 46.9 Å². The molecule has 1 aromatic heterocycles. The second-order valence-corrected chi connectivity index (χ2v) is 8.43. The molecule has 0 N–H and O–H groups in total. The highest BCUT2D eigenvalue weighted by atomic mass is 16.5. The van der Waals surface area contributed by atoms with E-state index in [1.807, 2.05) is 49.2 Å². The lowest BCUT2D eigenvalue weighted by molar-refractivity contribution is -0.139. The third kappa shape index (κ3) is 4.52. The Hall–Kier alpha value is -4.04. The van der Waals surface area contributed by atoms with E-state index in [1.54, 1.807) is 6.92 Å². The number of furan rings is 1. The van der Waals surface area contributed by atoms with E-state index in [4.69, 9.17) is 9.15 Å². The van der Waals surface area contributed by atoms with E-state index in [0.717, 1.165) is 28.5 Å². The van der Waals surface area contributed by atoms with Gasteiger partial charge in [-0.25, -0.2) is 9.59 Å². The minimum atomic E-state index is -0.656. The van der Waals surface area contributed by atoms with E-state index in [-0.39, 0.29) is 6.61 Å². The predicted molar refractivity (Wildman–Crippen MR) is 128 cm³/mol. The van der Waals surface area contributed by atoms with Gasteiger partial charge in [-0.2, -0.15) is 0 Å². The van der Waals surface area contributed by atoms with Gasteiger partial charge in [-0.15, -0.1) is 0 Å². The molecule has 0 saturated heterocycles. The van der Waals surface area contributed by atoms with Crippen LogP contribution in [0.25, 0.3) is 22.1 Å². The Balaban J connectivity index is 1.54. The van der Waals surface area contributed by atoms with E-state index >= 15 is 0 Å². The van der Waals surface area contributed by atoms with Crippen LogP contribution < -0.4 is 0 Å². The third-order valence-electron chi connectivity index (χ3n) is 6.12. The van der Waals surface area contributed by atoms with E-state index < -0.39 is 23.5 Å². The number of Topliss-reactive ketones (excluding diaryl/α,β-unsaturated/α-hetero) is 2. The number of nitrogens with zero attached hydrogens (tertiary/aromatic N) is 1. The molecular formula is C27H25NO7. The van der Waals surface area contributed by atoms with Gasteiger partial charge in [0.2, 0.25) is 11.6 Å². The smallest absolute Gasteiger partial charge is 0.331 e. The average Bonchev–Trinajstić information content (AvgIpc) is 3.16. The Morgan fingerprint density at radius 2 is 1.69 bits per heavy atom. The molecule has 0 bridgehead atoms. The van der Waals surface area contributed by atoms with Crippen molar-refractivity contribution in [3.05, 3.63) is 70.5 Å². The van der Waals surface area contributed by atoms with Gasteiger partial charge in [0, 0.05) is 35.4 Å². The molecule has 1 aliphatic carbocycles. The highest BCUT2D eigenvalue weighted by Gasteiger charge is 2.37. The SMILES string of the molecule is COC(=O)C=CC(=O)OCCN(C)Cc1oc2c(c1C)C(=O)C(=O)c1c-2ccc2c(C)cccc12. The first-order chi connectivity index (χ1) is 16.7. The van der Waals surface area contributed by atoms with Crippen molar-refractivity contribution in [2.75, 3.05) is 27.3 Å². The van der Waals surface area contributed by atoms with Crippen LogP contribution in [0.1, 0.15) is 37.6 Å². The fraction of sp³-hybridized carbons (Fsp3) is 0.259. The summed E-state index contributed by atoms with van der Waals surface area (Å²) in [7, 11) is 3.03. The monoisotopic (exact) mass is 475 g/mol. The number of fused-ring (bicyclic) bond motifs is 5. The molecular weight excluding hydrogens is 450 g/mol. The Labute approximate surface area is 202 Å². The largest absolute Gasteiger partial charge is 0.466 e. The van der Waals surface area contributed by atoms with Gasteiger partial charge in [0.05, 0.1) is 19.2 Å². The number of aryl methyl sites for hydroxylation is 1. The zero-order valence-electron chi connectivity index (χ0n) is 20.0. The molecule has 8 heteroatoms. The summed E-state index contributed by atoms with van der Waals surface area (Å²) < 4.78 is 15.7. The summed E-state index contributed by atoms with van der Waals surface area (Å²) in [6.07, 6.45) is 1.99. The highest BCUT2D eigenvalue weighted by molar-refractivity contribution is 6.54. The molecule has 3 aromatic rings. The lowest BCUT2D eigenvalue weighted by atomic mass is 9.83. The maximum Gasteiger partial charge on any atom is 0.331 e. The molecule has 0 amide bonds. The van der Waals surface area contributed by atoms with Gasteiger partial charge in [-0.05, 0) is 43.3 Å². The summed E-state index contributed by atoms with van der Waals surface area (Å²) in [6, 6.07) is 9.47. The van der Waals surface area contributed by atoms with Crippen molar-refractivity contribution in [1.82, 2.24) is 4.90 Å². The summed E-state index contributed by atoms with van der Waals surface area (Å²) in [5, 5.41) is 1.66. The normalized spacial score (nSPS) is 12.8. The van der Waals surface area contributed by atoms with Gasteiger partial charge in [0.25, 0.3) is 0 Å². The minimum Gasteiger partial charge on any atom is -0.466 e. The number of methoxy groups -OCH3 is 1. The van der Waals surface area contributed by atoms with E-state index in [2.05, 4.69) is 4.74 Å². The fourth-order valence-electron chi connectivity index (χ4n) is 4.23. The van der Waals surface area contributed by atoms with Crippen LogP contribution in [-0.2, 0) is 25.6 Å². The molecule has 8 nitrogen and oxygen atoms in total. The molecule has 0 saturated carbocycles. The fourth-order valence-corrected chi connectivity index (χ4v) is 4.23. The number of ether oxygens (including phenoxy) is 2. The molecule has 180 valence electrons. The highest BCUT2D eigenvalue weighted by Crippen LogP contribution is 2.41. The topological polar surface area (TPSA) is 103 Å². The number of hydrogen-bond acceptors (Lipinski definition) is 8. The van der Waals surface area contributed by atoms with Crippen LogP contribution in [0.4, 0.5) is 0 Å². The molecule has 35 heavy (non-hydrogen) atoms. The Morgan fingerprint density at radius 1 is 0.971 bits per heavy atom. The van der Waals surface area contributed by atoms with Crippen molar-refractivity contribution in [3.8, 4) is 11.3 Å². The zero-order chi connectivity index (χ0) is 25.3. The second kappa shape index (κ2) is 9.68. The van der Waals surface area contributed by atoms with Crippen LogP contribution >= 0.6 is 0 Å². The number of carbonyl (C=O) groups excluding carboxylic acids is 4. The van der Waals surface area contributed by atoms with Crippen LogP contribution in [0.5, 0.6) is 0 Å². The molecule has 0 unspecified atom stereocenters. The molecule has 0 spiro atoms. The standard InChI is InChI=1S/C27H25NO7/c1-15-6-5-7-18-17(15)8-9-19-24(18)26(32)25(31)23-16(2)20(35-27(19)23)14-28(3)12-13-34-22(30)11-10-21(29)33-4/h5-11H,12-14H2,1-4H3. The molecule has 2 aromatic carbocycles. The number of rotatable bonds is 7. The average molecular weight is 475 g/mol. The van der Waals surface area contributed by atoms with Crippen molar-refractivity contribution >= 4 is 34.3 Å². The lowest BCUT2D eigenvalue weighted by Gasteiger charge is -2.16. The van der Waals surface area contributed by atoms with Gasteiger partial charge in [0.1, 0.15) is 18.1 Å². The number of esters is 2. The first kappa shape index (κ1) is 24.1. The summed E-state index contributed by atoms with van der Waals surface area (Å²) in [5.74, 6) is -1.42. The minimum absolute atomic E-state index is 0.0892. The number of likely N-dealkylation sites (N-methyl/N-ethyl adjacent to an activating group) is 1. The number of carbonyl (C=O) groups is 4. The van der Waals surface area contributed by atoms with Crippen molar-refractivity contribution in [1.29, 1.82) is 0 Å². The summed E-state index contributed by atoms with van der Waals surface area (Å²) >= 11 is 0. The maximum absolute atomic E-state index is 13.1. The van der Waals surface area contributed by atoms with Crippen LogP contribution in [-0.4, -0.2) is 55.7 Å². The Kier molecular flexibility index (Phi) is 6.66. The maximum atomic E-state index is 13.1. The molecule has 1 aliphatic rings. The van der Waals surface area contributed by atoms with E-state index in [9.17, 15) is 19.2 Å². The third-order valence-corrected chi connectivity index (χ3v) is 6.12. The molecule has 0 radical (unpaired) electrons.